The van der Waals surface area contributed by atoms with E-state index >= 15 is 0 Å². The van der Waals surface area contributed by atoms with Gasteiger partial charge >= 0.3 is 0 Å². The van der Waals surface area contributed by atoms with Crippen molar-refractivity contribution >= 4 is 44.2 Å². The van der Waals surface area contributed by atoms with Crippen LogP contribution >= 0.6 is 11.3 Å². The lowest BCUT2D eigenvalue weighted by Gasteiger charge is -2.15. The summed E-state index contributed by atoms with van der Waals surface area (Å²) in [6.07, 6.45) is 4.62. The molecule has 0 radical (unpaired) electrons. The van der Waals surface area contributed by atoms with Gasteiger partial charge in [-0.25, -0.2) is 4.98 Å². The van der Waals surface area contributed by atoms with E-state index < -0.39 is 12.0 Å². The zero-order valence-electron chi connectivity index (χ0n) is 14.2. The van der Waals surface area contributed by atoms with E-state index in [0.29, 0.717) is 12.2 Å². The maximum absolute atomic E-state index is 11.8. The fourth-order valence-electron chi connectivity index (χ4n) is 3.17. The summed E-state index contributed by atoms with van der Waals surface area (Å²) in [6.45, 7) is 2.09. The summed E-state index contributed by atoms with van der Waals surface area (Å²) in [5, 5.41) is 15.4. The second-order valence-electron chi connectivity index (χ2n) is 6.20. The molecule has 3 aromatic heterocycles. The molecule has 0 aliphatic carbocycles. The number of carbonyl (C=O) groups excluding carboxylic acids is 1. The molecular weight excluding hydrogens is 348 g/mol. The van der Waals surface area contributed by atoms with Crippen LogP contribution in [0.3, 0.4) is 0 Å². The highest BCUT2D eigenvalue weighted by Crippen LogP contribution is 2.26. The van der Waals surface area contributed by atoms with Crippen molar-refractivity contribution in [2.45, 2.75) is 25.8 Å². The van der Waals surface area contributed by atoms with E-state index in [1.54, 1.807) is 16.7 Å². The number of fused-ring (bicyclic) bond motifs is 2. The van der Waals surface area contributed by atoms with Crippen LogP contribution in [0.4, 0.5) is 5.82 Å². The van der Waals surface area contributed by atoms with Gasteiger partial charge in [-0.3, -0.25) is 5.32 Å². The fourth-order valence-corrected chi connectivity index (χ4v) is 4.11. The van der Waals surface area contributed by atoms with Crippen LogP contribution in [-0.4, -0.2) is 27.0 Å². The first kappa shape index (κ1) is 16.7. The molecule has 0 fully saturated rings. The summed E-state index contributed by atoms with van der Waals surface area (Å²) < 4.78 is 0. The summed E-state index contributed by atoms with van der Waals surface area (Å²) in [5.41, 5.74) is 1.95. The topological polar surface area (TPSA) is 98.3 Å². The van der Waals surface area contributed by atoms with E-state index in [1.807, 2.05) is 36.5 Å². The SMILES string of the molecule is CCc1cc2c([NH2+][C@@H](Cc3c[nH]c4ccccc34)C(=O)[O-])ncnc2s1. The Kier molecular flexibility index (Phi) is 4.40. The van der Waals surface area contributed by atoms with Crippen molar-refractivity contribution in [1.29, 1.82) is 0 Å². The molecule has 3 heterocycles. The first-order valence-electron chi connectivity index (χ1n) is 8.50. The van der Waals surface area contributed by atoms with Gasteiger partial charge < -0.3 is 14.9 Å². The summed E-state index contributed by atoms with van der Waals surface area (Å²) >= 11 is 1.61. The zero-order valence-corrected chi connectivity index (χ0v) is 15.0. The highest BCUT2D eigenvalue weighted by molar-refractivity contribution is 7.18. The van der Waals surface area contributed by atoms with E-state index in [0.717, 1.165) is 33.1 Å². The molecule has 6 nitrogen and oxygen atoms in total. The number of para-hydroxylation sites is 1. The molecule has 132 valence electrons. The van der Waals surface area contributed by atoms with Gasteiger partial charge in [0.05, 0.1) is 11.4 Å². The summed E-state index contributed by atoms with van der Waals surface area (Å²) in [6, 6.07) is 9.14. The number of hydrogen-bond donors (Lipinski definition) is 2. The average molecular weight is 366 g/mol. The molecule has 1 atom stereocenters. The number of hydrogen-bond acceptors (Lipinski definition) is 5. The number of aromatic amines is 1. The molecule has 0 bridgehead atoms. The van der Waals surface area contributed by atoms with Crippen LogP contribution in [0, 0.1) is 0 Å². The third kappa shape index (κ3) is 3.07. The Hall–Kier alpha value is -2.77. The van der Waals surface area contributed by atoms with Gasteiger partial charge in [0, 0.05) is 28.4 Å². The van der Waals surface area contributed by atoms with Crippen molar-refractivity contribution in [2.24, 2.45) is 0 Å². The third-order valence-corrected chi connectivity index (χ3v) is 5.72. The van der Waals surface area contributed by atoms with Crippen molar-refractivity contribution in [1.82, 2.24) is 15.0 Å². The molecule has 0 unspecified atom stereocenters. The minimum Gasteiger partial charge on any atom is -0.544 e. The minimum atomic E-state index is -1.10. The molecule has 7 heteroatoms. The highest BCUT2D eigenvalue weighted by Gasteiger charge is 2.21. The Balaban J connectivity index is 1.66. The van der Waals surface area contributed by atoms with E-state index in [-0.39, 0.29) is 0 Å². The molecule has 0 spiro atoms. The lowest BCUT2D eigenvalue weighted by Crippen LogP contribution is -2.89. The maximum atomic E-state index is 11.8. The van der Waals surface area contributed by atoms with Crippen LogP contribution in [0.15, 0.2) is 42.9 Å². The third-order valence-electron chi connectivity index (χ3n) is 4.54. The first-order valence-corrected chi connectivity index (χ1v) is 9.31. The predicted octanol–water partition coefficient (Wildman–Crippen LogP) is 1.29. The molecule has 0 saturated carbocycles. The van der Waals surface area contributed by atoms with Gasteiger partial charge in [-0.2, -0.15) is 4.98 Å². The van der Waals surface area contributed by atoms with Gasteiger partial charge in [0.1, 0.15) is 17.2 Å². The van der Waals surface area contributed by atoms with Gasteiger partial charge in [-0.05, 0) is 24.1 Å². The van der Waals surface area contributed by atoms with Gasteiger partial charge in [0.2, 0.25) is 5.82 Å². The minimum absolute atomic E-state index is 0.350. The van der Waals surface area contributed by atoms with Gasteiger partial charge in [-0.1, -0.05) is 25.1 Å². The molecule has 0 amide bonds. The van der Waals surface area contributed by atoms with Crippen molar-refractivity contribution in [3.8, 4) is 0 Å². The van der Waals surface area contributed by atoms with Crippen LogP contribution < -0.4 is 10.4 Å². The van der Waals surface area contributed by atoms with Crippen LogP contribution in [0.2, 0.25) is 0 Å². The molecule has 26 heavy (non-hydrogen) atoms. The van der Waals surface area contributed by atoms with Crippen LogP contribution in [-0.2, 0) is 17.6 Å². The van der Waals surface area contributed by atoms with E-state index in [1.165, 1.54) is 11.2 Å². The Bertz CT molecular complexity index is 1090. The van der Waals surface area contributed by atoms with E-state index in [4.69, 9.17) is 0 Å². The largest absolute Gasteiger partial charge is 0.544 e. The number of nitrogens with zero attached hydrogens (tertiary/aromatic N) is 2. The number of carbonyl (C=O) groups is 1. The maximum Gasteiger partial charge on any atom is 0.236 e. The molecule has 1 aromatic carbocycles. The normalized spacial score (nSPS) is 12.7. The highest BCUT2D eigenvalue weighted by atomic mass is 32.1. The van der Waals surface area contributed by atoms with Crippen molar-refractivity contribution in [3.05, 3.63) is 53.3 Å². The lowest BCUT2D eigenvalue weighted by atomic mass is 10.0. The molecule has 0 aliphatic rings. The number of carboxylic acids is 1. The Labute approximate surface area is 153 Å². The number of carboxylic acid groups (broad SMARTS) is 1. The van der Waals surface area contributed by atoms with Crippen LogP contribution in [0.1, 0.15) is 17.4 Å². The van der Waals surface area contributed by atoms with Crippen LogP contribution in [0.5, 0.6) is 0 Å². The van der Waals surface area contributed by atoms with Crippen LogP contribution in [0.25, 0.3) is 21.1 Å². The molecule has 0 saturated heterocycles. The van der Waals surface area contributed by atoms with Gasteiger partial charge in [-0.15, -0.1) is 11.3 Å². The number of H-pyrrole nitrogens is 1. The number of aryl methyl sites for hydroxylation is 1. The van der Waals surface area contributed by atoms with Gasteiger partial charge in [0.15, 0.2) is 0 Å². The molecule has 4 aromatic rings. The second kappa shape index (κ2) is 6.86. The number of benzene rings is 1. The molecular formula is C19H18N4O2S. The fraction of sp³-hybridized carbons (Fsp3) is 0.211. The number of nitrogens with one attached hydrogen (secondary N) is 1. The Morgan fingerprint density at radius 1 is 1.31 bits per heavy atom. The van der Waals surface area contributed by atoms with Gasteiger partial charge in [0.25, 0.3) is 0 Å². The van der Waals surface area contributed by atoms with E-state index in [2.05, 4.69) is 21.9 Å². The second-order valence-corrected chi connectivity index (χ2v) is 7.32. The predicted molar refractivity (Wildman–Crippen MR) is 99.2 cm³/mol. The Morgan fingerprint density at radius 2 is 2.15 bits per heavy atom. The molecule has 4 rings (SSSR count). The number of quaternary nitrogens is 1. The molecule has 3 N–H and O–H groups in total. The number of aliphatic carboxylic acids is 1. The van der Waals surface area contributed by atoms with Crippen molar-refractivity contribution < 1.29 is 15.2 Å². The van der Waals surface area contributed by atoms with E-state index in [9.17, 15) is 9.90 Å². The Morgan fingerprint density at radius 3 is 2.96 bits per heavy atom. The van der Waals surface area contributed by atoms with Crippen molar-refractivity contribution in [2.75, 3.05) is 0 Å². The quantitative estimate of drug-likeness (QED) is 0.537. The number of thiophene rings is 1. The lowest BCUT2D eigenvalue weighted by molar-refractivity contribution is -0.608. The monoisotopic (exact) mass is 366 g/mol. The number of aromatic nitrogens is 3. The smallest absolute Gasteiger partial charge is 0.236 e. The summed E-state index contributed by atoms with van der Waals surface area (Å²) in [7, 11) is 0. The summed E-state index contributed by atoms with van der Waals surface area (Å²) in [5.74, 6) is -0.451. The average Bonchev–Trinajstić information content (AvgIpc) is 3.25. The summed E-state index contributed by atoms with van der Waals surface area (Å²) in [4.78, 5) is 25.7. The van der Waals surface area contributed by atoms with Crippen molar-refractivity contribution in [3.63, 3.8) is 0 Å². The zero-order chi connectivity index (χ0) is 18.1. The standard InChI is InChI=1S/C19H18N4O2S/c1-2-12-8-14-17(21-10-22-18(14)26-12)23-16(19(24)25)7-11-9-20-15-6-4-3-5-13(11)15/h3-6,8-10,16,20H,2,7H2,1H3,(H,24,25)(H,21,22,23)/t16-/m0/s1. The molecule has 0 aliphatic heterocycles. The first-order chi connectivity index (χ1) is 12.7. The number of rotatable bonds is 6. The number of nitrogens with two attached hydrogens (primary N) is 1.